The molecule has 0 aromatic heterocycles. The minimum absolute atomic E-state index is 0.112. The lowest BCUT2D eigenvalue weighted by Gasteiger charge is -2.50. The molecule has 2 fully saturated rings. The predicted octanol–water partition coefficient (Wildman–Crippen LogP) is 1.74. The Bertz CT molecular complexity index is 555. The number of anilines is 1. The predicted molar refractivity (Wildman–Crippen MR) is 78.7 cm³/mol. The number of aliphatic hydroxyl groups excluding tert-OH is 1. The molecule has 2 saturated heterocycles. The van der Waals surface area contributed by atoms with Crippen LogP contribution in [0.1, 0.15) is 31.2 Å². The fourth-order valence-electron chi connectivity index (χ4n) is 3.62. The van der Waals surface area contributed by atoms with Crippen molar-refractivity contribution in [3.63, 3.8) is 0 Å². The molecule has 1 spiro atoms. The minimum atomic E-state index is -0.595. The Morgan fingerprint density at radius 1 is 1.38 bits per heavy atom. The number of rotatable bonds is 1. The average Bonchev–Trinajstić information content (AvgIpc) is 2.42. The van der Waals surface area contributed by atoms with Gasteiger partial charge in [0.15, 0.2) is 0 Å². The van der Waals surface area contributed by atoms with E-state index in [1.54, 1.807) is 24.0 Å². The van der Waals surface area contributed by atoms with Crippen LogP contribution in [0, 0.1) is 12.7 Å². The Labute approximate surface area is 124 Å². The molecule has 21 heavy (non-hydrogen) atoms. The van der Waals surface area contributed by atoms with Crippen LogP contribution >= 0.6 is 0 Å². The second-order valence-electron chi connectivity index (χ2n) is 6.20. The van der Waals surface area contributed by atoms with Crippen molar-refractivity contribution in [1.82, 2.24) is 5.32 Å². The van der Waals surface area contributed by atoms with Gasteiger partial charge in [-0.3, -0.25) is 4.79 Å². The van der Waals surface area contributed by atoms with Crippen LogP contribution in [0.2, 0.25) is 0 Å². The molecule has 1 amide bonds. The largest absolute Gasteiger partial charge is 0.393 e. The highest BCUT2D eigenvalue weighted by molar-refractivity contribution is 5.96. The highest BCUT2D eigenvalue weighted by atomic mass is 19.1. The lowest BCUT2D eigenvalue weighted by Crippen LogP contribution is -2.62. The van der Waals surface area contributed by atoms with Crippen LogP contribution in [-0.2, 0) is 4.79 Å². The van der Waals surface area contributed by atoms with E-state index < -0.39 is 6.10 Å². The standard InChI is InChI=1S/C16H21FN2O2/c1-11-2-3-12(8-14(11)17)19-15(21)9-13(20)10-16(19)4-6-18-7-5-16/h2-3,8,13,18,20H,4-7,9-10H2,1H3. The fourth-order valence-corrected chi connectivity index (χ4v) is 3.62. The molecule has 1 aromatic carbocycles. The van der Waals surface area contributed by atoms with Gasteiger partial charge in [-0.05, 0) is 57.0 Å². The summed E-state index contributed by atoms with van der Waals surface area (Å²) < 4.78 is 13.9. The number of halogens is 1. The van der Waals surface area contributed by atoms with Gasteiger partial charge in [0.05, 0.1) is 18.1 Å². The highest BCUT2D eigenvalue weighted by Gasteiger charge is 2.46. The summed E-state index contributed by atoms with van der Waals surface area (Å²) in [6, 6.07) is 4.95. The third kappa shape index (κ3) is 2.56. The van der Waals surface area contributed by atoms with Gasteiger partial charge in [0, 0.05) is 5.69 Å². The molecule has 1 aromatic rings. The van der Waals surface area contributed by atoms with E-state index in [4.69, 9.17) is 0 Å². The monoisotopic (exact) mass is 292 g/mol. The van der Waals surface area contributed by atoms with Crippen molar-refractivity contribution in [2.24, 2.45) is 0 Å². The van der Waals surface area contributed by atoms with Crippen LogP contribution in [0.25, 0.3) is 0 Å². The molecule has 2 aliphatic rings. The highest BCUT2D eigenvalue weighted by Crippen LogP contribution is 2.40. The van der Waals surface area contributed by atoms with Crippen molar-refractivity contribution >= 4 is 11.6 Å². The number of hydrogen-bond acceptors (Lipinski definition) is 3. The first-order valence-electron chi connectivity index (χ1n) is 7.50. The molecule has 3 rings (SSSR count). The zero-order valence-electron chi connectivity index (χ0n) is 12.2. The van der Waals surface area contributed by atoms with E-state index in [0.717, 1.165) is 25.9 Å². The van der Waals surface area contributed by atoms with Crippen LogP contribution in [-0.4, -0.2) is 35.7 Å². The van der Waals surface area contributed by atoms with E-state index in [0.29, 0.717) is 17.7 Å². The number of aliphatic hydroxyl groups is 1. The molecule has 0 saturated carbocycles. The zero-order chi connectivity index (χ0) is 15.0. The number of hydrogen-bond donors (Lipinski definition) is 2. The molecule has 114 valence electrons. The van der Waals surface area contributed by atoms with Gasteiger partial charge in [-0.25, -0.2) is 4.39 Å². The second-order valence-corrected chi connectivity index (χ2v) is 6.20. The maximum atomic E-state index is 13.9. The first kappa shape index (κ1) is 14.5. The third-order valence-corrected chi connectivity index (χ3v) is 4.70. The van der Waals surface area contributed by atoms with Gasteiger partial charge in [0.2, 0.25) is 5.91 Å². The lowest BCUT2D eigenvalue weighted by molar-refractivity contribution is -0.125. The summed E-state index contributed by atoms with van der Waals surface area (Å²) in [6.45, 7) is 3.33. The van der Waals surface area contributed by atoms with Gasteiger partial charge in [0.1, 0.15) is 5.82 Å². The summed E-state index contributed by atoms with van der Waals surface area (Å²) in [7, 11) is 0. The molecule has 0 aliphatic carbocycles. The van der Waals surface area contributed by atoms with Gasteiger partial charge in [0.25, 0.3) is 0 Å². The van der Waals surface area contributed by atoms with Crippen LogP contribution in [0.5, 0.6) is 0 Å². The zero-order valence-corrected chi connectivity index (χ0v) is 12.2. The van der Waals surface area contributed by atoms with Crippen molar-refractivity contribution in [2.45, 2.75) is 44.2 Å². The average molecular weight is 292 g/mol. The van der Waals surface area contributed by atoms with Crippen molar-refractivity contribution in [2.75, 3.05) is 18.0 Å². The maximum Gasteiger partial charge on any atom is 0.230 e. The number of carbonyl (C=O) groups is 1. The Balaban J connectivity index is 2.02. The summed E-state index contributed by atoms with van der Waals surface area (Å²) in [5.74, 6) is -0.408. The number of nitrogens with zero attached hydrogens (tertiary/aromatic N) is 1. The molecule has 0 bridgehead atoms. The van der Waals surface area contributed by atoms with Gasteiger partial charge in [-0.2, -0.15) is 0 Å². The number of carbonyl (C=O) groups excluding carboxylic acids is 1. The quantitative estimate of drug-likeness (QED) is 0.829. The summed E-state index contributed by atoms with van der Waals surface area (Å²) in [4.78, 5) is 14.2. The van der Waals surface area contributed by atoms with Crippen LogP contribution in [0.4, 0.5) is 10.1 Å². The van der Waals surface area contributed by atoms with E-state index in [1.807, 2.05) is 0 Å². The van der Waals surface area contributed by atoms with E-state index in [2.05, 4.69) is 5.32 Å². The first-order valence-corrected chi connectivity index (χ1v) is 7.50. The number of benzene rings is 1. The summed E-state index contributed by atoms with van der Waals surface area (Å²) in [6.07, 6.45) is 1.65. The molecule has 0 radical (unpaired) electrons. The molecule has 1 atom stereocenters. The number of amides is 1. The van der Waals surface area contributed by atoms with Crippen LogP contribution < -0.4 is 10.2 Å². The molecule has 4 nitrogen and oxygen atoms in total. The fraction of sp³-hybridized carbons (Fsp3) is 0.562. The Morgan fingerprint density at radius 3 is 2.76 bits per heavy atom. The van der Waals surface area contributed by atoms with Crippen molar-refractivity contribution in [3.8, 4) is 0 Å². The SMILES string of the molecule is Cc1ccc(N2C(=O)CC(O)CC23CCNCC3)cc1F. The lowest BCUT2D eigenvalue weighted by atomic mass is 9.77. The molecule has 5 heteroatoms. The minimum Gasteiger partial charge on any atom is -0.393 e. The molecule has 2 heterocycles. The van der Waals surface area contributed by atoms with Crippen molar-refractivity contribution in [3.05, 3.63) is 29.6 Å². The number of piperidine rings is 2. The van der Waals surface area contributed by atoms with Gasteiger partial charge in [-0.15, -0.1) is 0 Å². The molecular weight excluding hydrogens is 271 g/mol. The summed E-state index contributed by atoms with van der Waals surface area (Å²) in [5.41, 5.74) is 0.793. The first-order chi connectivity index (χ1) is 10.0. The van der Waals surface area contributed by atoms with Gasteiger partial charge >= 0.3 is 0 Å². The molecule has 2 aliphatic heterocycles. The van der Waals surface area contributed by atoms with Crippen LogP contribution in [0.15, 0.2) is 18.2 Å². The van der Waals surface area contributed by atoms with E-state index >= 15 is 0 Å². The van der Waals surface area contributed by atoms with Crippen molar-refractivity contribution < 1.29 is 14.3 Å². The number of nitrogens with one attached hydrogen (secondary N) is 1. The Kier molecular flexibility index (Phi) is 3.71. The smallest absolute Gasteiger partial charge is 0.230 e. The Hall–Kier alpha value is -1.46. The van der Waals surface area contributed by atoms with E-state index in [-0.39, 0.29) is 23.7 Å². The number of aryl methyl sites for hydroxylation is 1. The van der Waals surface area contributed by atoms with Gasteiger partial charge < -0.3 is 15.3 Å². The Morgan fingerprint density at radius 2 is 2.10 bits per heavy atom. The third-order valence-electron chi connectivity index (χ3n) is 4.70. The molecule has 2 N–H and O–H groups in total. The maximum absolute atomic E-state index is 13.9. The van der Waals surface area contributed by atoms with E-state index in [9.17, 15) is 14.3 Å². The van der Waals surface area contributed by atoms with Crippen molar-refractivity contribution in [1.29, 1.82) is 0 Å². The van der Waals surface area contributed by atoms with Crippen LogP contribution in [0.3, 0.4) is 0 Å². The van der Waals surface area contributed by atoms with E-state index in [1.165, 1.54) is 6.07 Å². The summed E-state index contributed by atoms with van der Waals surface area (Å²) >= 11 is 0. The normalized spacial score (nSPS) is 25.4. The second kappa shape index (κ2) is 5.39. The summed E-state index contributed by atoms with van der Waals surface area (Å²) in [5, 5.41) is 13.3. The van der Waals surface area contributed by atoms with Gasteiger partial charge in [-0.1, -0.05) is 6.07 Å². The molecular formula is C16H21FN2O2. The topological polar surface area (TPSA) is 52.6 Å². The molecule has 1 unspecified atom stereocenters.